The van der Waals surface area contributed by atoms with Gasteiger partial charge >= 0.3 is 0 Å². The molecule has 152 valence electrons. The molecular formula is C23H26N2O3S. The fraction of sp³-hybridized carbons (Fsp3) is 0.304. The van der Waals surface area contributed by atoms with Crippen molar-refractivity contribution in [3.05, 3.63) is 71.6 Å². The van der Waals surface area contributed by atoms with Crippen LogP contribution >= 0.6 is 11.8 Å². The second kappa shape index (κ2) is 10.2. The van der Waals surface area contributed by atoms with Gasteiger partial charge in [0.25, 0.3) is 0 Å². The molecule has 1 heterocycles. The molecule has 5 nitrogen and oxygen atoms in total. The van der Waals surface area contributed by atoms with Crippen LogP contribution in [0.1, 0.15) is 36.9 Å². The van der Waals surface area contributed by atoms with Gasteiger partial charge in [-0.3, -0.25) is 4.79 Å². The van der Waals surface area contributed by atoms with Crippen molar-refractivity contribution in [2.45, 2.75) is 32.6 Å². The Bertz CT molecular complexity index is 923. The maximum absolute atomic E-state index is 12.2. The highest BCUT2D eigenvalue weighted by Gasteiger charge is 2.13. The van der Waals surface area contributed by atoms with Gasteiger partial charge in [-0.2, -0.15) is 0 Å². The standard InChI is InChI=1S/C23H26N2O3S/c1-4-27-20-12-10-19(11-13-20)23-25-21(17(3)28-23)14-29-15-22(26)24-16(2)18-8-6-5-7-9-18/h5-13,16H,4,14-15H2,1-3H3,(H,24,26). The smallest absolute Gasteiger partial charge is 0.230 e. The highest BCUT2D eigenvalue weighted by atomic mass is 32.2. The van der Waals surface area contributed by atoms with Gasteiger partial charge in [0.1, 0.15) is 11.5 Å². The fourth-order valence-electron chi connectivity index (χ4n) is 2.89. The molecule has 0 spiro atoms. The molecule has 2 aromatic carbocycles. The van der Waals surface area contributed by atoms with E-state index in [1.54, 1.807) is 0 Å². The third-order valence-electron chi connectivity index (χ3n) is 4.45. The predicted octanol–water partition coefficient (Wildman–Crippen LogP) is 5.16. The number of carbonyl (C=O) groups is 1. The summed E-state index contributed by atoms with van der Waals surface area (Å²) in [5.74, 6) is 3.20. The molecule has 0 saturated carbocycles. The highest BCUT2D eigenvalue weighted by Crippen LogP contribution is 2.26. The molecule has 1 unspecified atom stereocenters. The van der Waals surface area contributed by atoms with Crippen LogP contribution < -0.4 is 10.1 Å². The highest BCUT2D eigenvalue weighted by molar-refractivity contribution is 7.99. The van der Waals surface area contributed by atoms with E-state index in [4.69, 9.17) is 9.15 Å². The Morgan fingerprint density at radius 3 is 2.59 bits per heavy atom. The zero-order valence-electron chi connectivity index (χ0n) is 17.0. The zero-order chi connectivity index (χ0) is 20.6. The number of thioether (sulfide) groups is 1. The molecule has 0 fully saturated rings. The minimum Gasteiger partial charge on any atom is -0.494 e. The Morgan fingerprint density at radius 1 is 1.17 bits per heavy atom. The molecule has 0 aliphatic carbocycles. The van der Waals surface area contributed by atoms with Crippen LogP contribution in [0.4, 0.5) is 0 Å². The number of oxazole rings is 1. The maximum atomic E-state index is 12.2. The van der Waals surface area contributed by atoms with E-state index in [-0.39, 0.29) is 11.9 Å². The molecule has 0 bridgehead atoms. The van der Waals surface area contributed by atoms with Gasteiger partial charge in [-0.15, -0.1) is 11.8 Å². The lowest BCUT2D eigenvalue weighted by Gasteiger charge is -2.13. The maximum Gasteiger partial charge on any atom is 0.230 e. The first kappa shape index (κ1) is 21.0. The SMILES string of the molecule is CCOc1ccc(-c2nc(CSCC(=O)NC(C)c3ccccc3)c(C)o2)cc1. The van der Waals surface area contributed by atoms with Crippen LogP contribution in [0, 0.1) is 6.92 Å². The number of aromatic nitrogens is 1. The monoisotopic (exact) mass is 410 g/mol. The lowest BCUT2D eigenvalue weighted by molar-refractivity contribution is -0.119. The van der Waals surface area contributed by atoms with Crippen LogP contribution in [0.15, 0.2) is 59.0 Å². The van der Waals surface area contributed by atoms with Crippen molar-refractivity contribution < 1.29 is 13.9 Å². The lowest BCUT2D eigenvalue weighted by Crippen LogP contribution is -2.28. The van der Waals surface area contributed by atoms with Gasteiger partial charge in [0.2, 0.25) is 11.8 Å². The number of benzene rings is 2. The van der Waals surface area contributed by atoms with Gasteiger partial charge in [0, 0.05) is 11.3 Å². The summed E-state index contributed by atoms with van der Waals surface area (Å²) >= 11 is 1.53. The first-order valence-electron chi connectivity index (χ1n) is 9.68. The first-order valence-corrected chi connectivity index (χ1v) is 10.8. The van der Waals surface area contributed by atoms with E-state index >= 15 is 0 Å². The summed E-state index contributed by atoms with van der Waals surface area (Å²) < 4.78 is 11.3. The predicted molar refractivity (Wildman–Crippen MR) is 117 cm³/mol. The van der Waals surface area contributed by atoms with Crippen LogP contribution in [0.2, 0.25) is 0 Å². The zero-order valence-corrected chi connectivity index (χ0v) is 17.8. The lowest BCUT2D eigenvalue weighted by atomic mass is 10.1. The van der Waals surface area contributed by atoms with Gasteiger partial charge < -0.3 is 14.5 Å². The van der Waals surface area contributed by atoms with E-state index in [1.165, 1.54) is 11.8 Å². The van der Waals surface area contributed by atoms with Crippen LogP contribution in [0.3, 0.4) is 0 Å². The summed E-state index contributed by atoms with van der Waals surface area (Å²) in [5.41, 5.74) is 2.86. The number of nitrogens with one attached hydrogen (secondary N) is 1. The fourth-order valence-corrected chi connectivity index (χ4v) is 3.73. The summed E-state index contributed by atoms with van der Waals surface area (Å²) in [5, 5.41) is 3.03. The molecule has 0 aliphatic heterocycles. The molecule has 6 heteroatoms. The Balaban J connectivity index is 1.51. The second-order valence-corrected chi connectivity index (χ2v) is 7.66. The number of rotatable bonds is 9. The third kappa shape index (κ3) is 5.87. The number of hydrogen-bond donors (Lipinski definition) is 1. The van der Waals surface area contributed by atoms with E-state index in [2.05, 4.69) is 10.3 Å². The third-order valence-corrected chi connectivity index (χ3v) is 5.40. The van der Waals surface area contributed by atoms with Crippen molar-refractivity contribution in [2.75, 3.05) is 12.4 Å². The largest absolute Gasteiger partial charge is 0.494 e. The molecular weight excluding hydrogens is 384 g/mol. The molecule has 1 aromatic heterocycles. The van der Waals surface area contributed by atoms with Crippen LogP contribution in [-0.4, -0.2) is 23.3 Å². The Hall–Kier alpha value is -2.73. The summed E-state index contributed by atoms with van der Waals surface area (Å²) in [4.78, 5) is 16.8. The first-order chi connectivity index (χ1) is 14.1. The van der Waals surface area contributed by atoms with E-state index in [0.717, 1.165) is 28.3 Å². The van der Waals surface area contributed by atoms with Crippen molar-refractivity contribution >= 4 is 17.7 Å². The minimum absolute atomic E-state index is 0.00986. The Kier molecular flexibility index (Phi) is 7.36. The van der Waals surface area contributed by atoms with Crippen molar-refractivity contribution in [1.82, 2.24) is 10.3 Å². The van der Waals surface area contributed by atoms with Gasteiger partial charge in [0.05, 0.1) is 24.1 Å². The van der Waals surface area contributed by atoms with Gasteiger partial charge in [-0.25, -0.2) is 4.98 Å². The molecule has 0 radical (unpaired) electrons. The van der Waals surface area contributed by atoms with E-state index in [9.17, 15) is 4.79 Å². The number of amides is 1. The molecule has 1 atom stereocenters. The van der Waals surface area contributed by atoms with Gasteiger partial charge in [-0.1, -0.05) is 30.3 Å². The summed E-state index contributed by atoms with van der Waals surface area (Å²) in [6.45, 7) is 6.48. The van der Waals surface area contributed by atoms with Crippen LogP contribution in [0.5, 0.6) is 5.75 Å². The molecule has 0 saturated heterocycles. The molecule has 3 rings (SSSR count). The van der Waals surface area contributed by atoms with E-state index < -0.39 is 0 Å². The average molecular weight is 411 g/mol. The molecule has 3 aromatic rings. The van der Waals surface area contributed by atoms with Crippen LogP contribution in [0.25, 0.3) is 11.5 Å². The van der Waals surface area contributed by atoms with Crippen molar-refractivity contribution in [1.29, 1.82) is 0 Å². The molecule has 1 N–H and O–H groups in total. The van der Waals surface area contributed by atoms with Gasteiger partial charge in [-0.05, 0) is 50.6 Å². The van der Waals surface area contributed by atoms with Crippen LogP contribution in [-0.2, 0) is 10.5 Å². The Morgan fingerprint density at radius 2 is 1.90 bits per heavy atom. The topological polar surface area (TPSA) is 64.4 Å². The number of carbonyl (C=O) groups excluding carboxylic acids is 1. The molecule has 0 aliphatic rings. The number of hydrogen-bond acceptors (Lipinski definition) is 5. The van der Waals surface area contributed by atoms with E-state index in [0.29, 0.717) is 24.0 Å². The number of nitrogens with zero attached hydrogens (tertiary/aromatic N) is 1. The molecule has 1 amide bonds. The normalized spacial score (nSPS) is 11.8. The van der Waals surface area contributed by atoms with Gasteiger partial charge in [0.15, 0.2) is 0 Å². The average Bonchev–Trinajstić information content (AvgIpc) is 3.10. The quantitative estimate of drug-likeness (QED) is 0.528. The Labute approximate surface area is 175 Å². The van der Waals surface area contributed by atoms with Crippen molar-refractivity contribution in [3.63, 3.8) is 0 Å². The summed E-state index contributed by atoms with van der Waals surface area (Å²) in [7, 11) is 0. The molecule has 29 heavy (non-hydrogen) atoms. The summed E-state index contributed by atoms with van der Waals surface area (Å²) in [6, 6.07) is 17.6. The summed E-state index contributed by atoms with van der Waals surface area (Å²) in [6.07, 6.45) is 0. The second-order valence-electron chi connectivity index (χ2n) is 6.67. The van der Waals surface area contributed by atoms with E-state index in [1.807, 2.05) is 75.4 Å². The number of ether oxygens (including phenoxy) is 1. The van der Waals surface area contributed by atoms with Crippen molar-refractivity contribution in [2.24, 2.45) is 0 Å². The number of aryl methyl sites for hydroxylation is 1. The minimum atomic E-state index is -0.00986. The van der Waals surface area contributed by atoms with Crippen molar-refractivity contribution in [3.8, 4) is 17.2 Å².